The molecule has 0 fully saturated rings. The second-order valence-electron chi connectivity index (χ2n) is 3.07. The van der Waals surface area contributed by atoms with Crippen LogP contribution < -0.4 is 4.74 Å². The standard InChI is InChI=1S/C11H12N2O.C2H6/c1-3-14-9-4-5-10-8(2)12-7-13-11(10)6-9;1-2/h4-7H,3H2,1-2H3;1-2H3. The molecule has 0 aliphatic rings. The molecule has 0 aliphatic heterocycles. The van der Waals surface area contributed by atoms with Crippen molar-refractivity contribution in [3.63, 3.8) is 0 Å². The summed E-state index contributed by atoms with van der Waals surface area (Å²) >= 11 is 0. The molecule has 1 aromatic carbocycles. The van der Waals surface area contributed by atoms with Crippen molar-refractivity contribution in [1.82, 2.24) is 9.97 Å². The number of aromatic nitrogens is 2. The smallest absolute Gasteiger partial charge is 0.121 e. The summed E-state index contributed by atoms with van der Waals surface area (Å²) < 4.78 is 5.39. The first-order valence-corrected chi connectivity index (χ1v) is 5.65. The van der Waals surface area contributed by atoms with Crippen LogP contribution in [0.4, 0.5) is 0 Å². The highest BCUT2D eigenvalue weighted by atomic mass is 16.5. The van der Waals surface area contributed by atoms with Crippen molar-refractivity contribution in [2.75, 3.05) is 6.61 Å². The molecule has 0 aliphatic carbocycles. The van der Waals surface area contributed by atoms with Gasteiger partial charge in [-0.1, -0.05) is 13.8 Å². The first-order chi connectivity index (χ1) is 7.81. The lowest BCUT2D eigenvalue weighted by Gasteiger charge is -2.04. The summed E-state index contributed by atoms with van der Waals surface area (Å²) in [7, 11) is 0. The average Bonchev–Trinajstić information content (AvgIpc) is 2.32. The van der Waals surface area contributed by atoms with Crippen LogP contribution in [0.2, 0.25) is 0 Å². The lowest BCUT2D eigenvalue weighted by Crippen LogP contribution is -1.92. The van der Waals surface area contributed by atoms with Crippen LogP contribution >= 0.6 is 0 Å². The zero-order chi connectivity index (χ0) is 12.0. The van der Waals surface area contributed by atoms with Gasteiger partial charge in [0.05, 0.1) is 12.1 Å². The summed E-state index contributed by atoms with van der Waals surface area (Å²) in [6.07, 6.45) is 1.58. The number of ether oxygens (including phenoxy) is 1. The van der Waals surface area contributed by atoms with Crippen LogP contribution in [0.5, 0.6) is 5.75 Å². The SMILES string of the molecule is CC.CCOc1ccc2c(C)ncnc2c1. The molecule has 0 bridgehead atoms. The fraction of sp³-hybridized carbons (Fsp3) is 0.385. The molecule has 2 rings (SSSR count). The Hall–Kier alpha value is -1.64. The summed E-state index contributed by atoms with van der Waals surface area (Å²) in [6.45, 7) is 8.62. The largest absolute Gasteiger partial charge is 0.494 e. The van der Waals surface area contributed by atoms with E-state index in [0.717, 1.165) is 22.3 Å². The minimum atomic E-state index is 0.676. The van der Waals surface area contributed by atoms with Crippen LogP contribution in [0.25, 0.3) is 10.9 Å². The van der Waals surface area contributed by atoms with E-state index >= 15 is 0 Å². The third-order valence-corrected chi connectivity index (χ3v) is 2.12. The van der Waals surface area contributed by atoms with Gasteiger partial charge in [0.15, 0.2) is 0 Å². The van der Waals surface area contributed by atoms with Gasteiger partial charge < -0.3 is 4.74 Å². The Bertz CT molecular complexity index is 455. The van der Waals surface area contributed by atoms with E-state index in [0.29, 0.717) is 6.61 Å². The maximum atomic E-state index is 5.39. The first kappa shape index (κ1) is 12.4. The molecule has 86 valence electrons. The summed E-state index contributed by atoms with van der Waals surface area (Å²) in [5.41, 5.74) is 1.93. The zero-order valence-electron chi connectivity index (χ0n) is 10.3. The van der Waals surface area contributed by atoms with Gasteiger partial charge in [0.2, 0.25) is 0 Å². The number of aryl methyl sites for hydroxylation is 1. The number of benzene rings is 1. The van der Waals surface area contributed by atoms with Crippen molar-refractivity contribution in [3.8, 4) is 5.75 Å². The van der Waals surface area contributed by atoms with E-state index in [2.05, 4.69) is 9.97 Å². The molecule has 1 heterocycles. The van der Waals surface area contributed by atoms with Crippen LogP contribution in [0.15, 0.2) is 24.5 Å². The van der Waals surface area contributed by atoms with Gasteiger partial charge in [0.25, 0.3) is 0 Å². The molecule has 0 saturated heterocycles. The van der Waals surface area contributed by atoms with Gasteiger partial charge in [-0.15, -0.1) is 0 Å². The fourth-order valence-electron chi connectivity index (χ4n) is 1.43. The molecule has 2 aromatic rings. The number of rotatable bonds is 2. The third kappa shape index (κ3) is 2.69. The molecule has 3 heteroatoms. The van der Waals surface area contributed by atoms with E-state index < -0.39 is 0 Å². The predicted molar refractivity (Wildman–Crippen MR) is 66.8 cm³/mol. The Morgan fingerprint density at radius 2 is 1.94 bits per heavy atom. The molecular weight excluding hydrogens is 200 g/mol. The van der Waals surface area contributed by atoms with Gasteiger partial charge >= 0.3 is 0 Å². The second-order valence-corrected chi connectivity index (χ2v) is 3.07. The van der Waals surface area contributed by atoms with Crippen molar-refractivity contribution in [3.05, 3.63) is 30.2 Å². The Morgan fingerprint density at radius 3 is 2.62 bits per heavy atom. The fourth-order valence-corrected chi connectivity index (χ4v) is 1.43. The topological polar surface area (TPSA) is 35.0 Å². The lowest BCUT2D eigenvalue weighted by molar-refractivity contribution is 0.340. The summed E-state index contributed by atoms with van der Waals surface area (Å²) in [5, 5.41) is 1.08. The van der Waals surface area contributed by atoms with Crippen molar-refractivity contribution in [1.29, 1.82) is 0 Å². The molecule has 0 unspecified atom stereocenters. The quantitative estimate of drug-likeness (QED) is 0.775. The van der Waals surface area contributed by atoms with Crippen LogP contribution in [-0.4, -0.2) is 16.6 Å². The molecule has 1 aromatic heterocycles. The van der Waals surface area contributed by atoms with E-state index in [9.17, 15) is 0 Å². The lowest BCUT2D eigenvalue weighted by atomic mass is 10.2. The Morgan fingerprint density at radius 1 is 1.19 bits per heavy atom. The van der Waals surface area contributed by atoms with Gasteiger partial charge in [-0.2, -0.15) is 0 Å². The van der Waals surface area contributed by atoms with Gasteiger partial charge in [-0.05, 0) is 26.0 Å². The second kappa shape index (κ2) is 6.05. The number of fused-ring (bicyclic) bond motifs is 1. The average molecular weight is 218 g/mol. The Kier molecular flexibility index (Phi) is 4.70. The molecule has 0 amide bonds. The van der Waals surface area contributed by atoms with Crippen molar-refractivity contribution >= 4 is 10.9 Å². The molecule has 16 heavy (non-hydrogen) atoms. The maximum Gasteiger partial charge on any atom is 0.121 e. The Labute approximate surface area is 96.5 Å². The van der Waals surface area contributed by atoms with Crippen LogP contribution in [0, 0.1) is 6.92 Å². The van der Waals surface area contributed by atoms with Crippen LogP contribution in [0.3, 0.4) is 0 Å². The molecule has 0 saturated carbocycles. The number of nitrogens with zero attached hydrogens (tertiary/aromatic N) is 2. The monoisotopic (exact) mass is 218 g/mol. The molecule has 0 N–H and O–H groups in total. The van der Waals surface area contributed by atoms with E-state index in [-0.39, 0.29) is 0 Å². The number of hydrogen-bond donors (Lipinski definition) is 0. The normalized spacial score (nSPS) is 9.50. The van der Waals surface area contributed by atoms with Gasteiger partial charge in [-0.25, -0.2) is 9.97 Å². The highest BCUT2D eigenvalue weighted by Crippen LogP contribution is 2.20. The van der Waals surface area contributed by atoms with Crippen molar-refractivity contribution in [2.24, 2.45) is 0 Å². The first-order valence-electron chi connectivity index (χ1n) is 5.65. The van der Waals surface area contributed by atoms with Gasteiger partial charge in [0.1, 0.15) is 12.1 Å². The van der Waals surface area contributed by atoms with Crippen LogP contribution in [0.1, 0.15) is 26.5 Å². The van der Waals surface area contributed by atoms with Gasteiger partial charge in [-0.3, -0.25) is 0 Å². The van der Waals surface area contributed by atoms with E-state index in [4.69, 9.17) is 4.74 Å². The minimum Gasteiger partial charge on any atom is -0.494 e. The molecular formula is C13H18N2O. The molecule has 3 nitrogen and oxygen atoms in total. The third-order valence-electron chi connectivity index (χ3n) is 2.12. The molecule has 0 spiro atoms. The van der Waals surface area contributed by atoms with Gasteiger partial charge in [0, 0.05) is 17.1 Å². The summed E-state index contributed by atoms with van der Waals surface area (Å²) in [5.74, 6) is 0.859. The summed E-state index contributed by atoms with van der Waals surface area (Å²) in [6, 6.07) is 5.88. The van der Waals surface area contributed by atoms with Crippen LogP contribution in [-0.2, 0) is 0 Å². The zero-order valence-corrected chi connectivity index (χ0v) is 10.3. The highest BCUT2D eigenvalue weighted by molar-refractivity contribution is 5.81. The van der Waals surface area contributed by atoms with E-state index in [1.807, 2.05) is 45.9 Å². The van der Waals surface area contributed by atoms with Crippen molar-refractivity contribution < 1.29 is 4.74 Å². The number of hydrogen-bond acceptors (Lipinski definition) is 3. The van der Waals surface area contributed by atoms with E-state index in [1.165, 1.54) is 0 Å². The van der Waals surface area contributed by atoms with Crippen molar-refractivity contribution in [2.45, 2.75) is 27.7 Å². The summed E-state index contributed by atoms with van der Waals surface area (Å²) in [4.78, 5) is 8.32. The molecule has 0 atom stereocenters. The Balaban J connectivity index is 0.000000606. The predicted octanol–water partition coefficient (Wildman–Crippen LogP) is 3.36. The maximum absolute atomic E-state index is 5.39. The van der Waals surface area contributed by atoms with E-state index in [1.54, 1.807) is 6.33 Å². The molecule has 0 radical (unpaired) electrons. The highest BCUT2D eigenvalue weighted by Gasteiger charge is 2.00. The minimum absolute atomic E-state index is 0.676.